The predicted octanol–water partition coefficient (Wildman–Crippen LogP) is -3.37. The van der Waals surface area contributed by atoms with Crippen molar-refractivity contribution in [2.45, 2.75) is 0 Å². The monoisotopic (exact) mass is 316 g/mol. The molecule has 132 valence electrons. The molecule has 22 heavy (non-hydrogen) atoms. The van der Waals surface area contributed by atoms with Gasteiger partial charge in [0.15, 0.2) is 0 Å². The van der Waals surface area contributed by atoms with Crippen LogP contribution in [0.2, 0.25) is 0 Å². The Hall–Kier alpha value is -0.320. The van der Waals surface area contributed by atoms with E-state index in [1.165, 1.54) is 0 Å². The summed E-state index contributed by atoms with van der Waals surface area (Å²) in [5.41, 5.74) is 6.20. The normalized spacial score (nSPS) is 24.0. The standard InChI is InChI=1S/C8H20N4.C6H16N4/c1-2-10-5-6-12-8-7-11-4-3-9-1;1-2-8-4-6-10-9-5-3-7-1/h9-12H,1-8H2;7-10H,1-6H2. The van der Waals surface area contributed by atoms with Crippen LogP contribution in [0.3, 0.4) is 0 Å². The highest BCUT2D eigenvalue weighted by atomic mass is 15.4. The number of hydrogen-bond donors (Lipinski definition) is 8. The molecule has 8 nitrogen and oxygen atoms in total. The van der Waals surface area contributed by atoms with Crippen LogP contribution < -0.4 is 42.8 Å². The zero-order chi connectivity index (χ0) is 15.6. The third kappa shape index (κ3) is 14.6. The maximum absolute atomic E-state index is 3.36. The molecule has 2 saturated heterocycles. The van der Waals surface area contributed by atoms with Crippen LogP contribution >= 0.6 is 0 Å². The highest BCUT2D eigenvalue weighted by Crippen LogP contribution is 1.66. The van der Waals surface area contributed by atoms with Crippen LogP contribution in [0, 0.1) is 0 Å². The summed E-state index contributed by atoms with van der Waals surface area (Å²) >= 11 is 0. The molecule has 0 aromatic heterocycles. The van der Waals surface area contributed by atoms with Crippen molar-refractivity contribution >= 4 is 0 Å². The van der Waals surface area contributed by atoms with E-state index in [9.17, 15) is 0 Å². The van der Waals surface area contributed by atoms with E-state index in [1.54, 1.807) is 0 Å². The Morgan fingerprint density at radius 2 is 0.409 bits per heavy atom. The first-order valence-corrected chi connectivity index (χ1v) is 8.70. The molecule has 2 heterocycles. The predicted molar refractivity (Wildman–Crippen MR) is 93.2 cm³/mol. The molecule has 2 aliphatic heterocycles. The second-order valence-corrected chi connectivity index (χ2v) is 5.35. The largest absolute Gasteiger partial charge is 0.314 e. The molecule has 0 bridgehead atoms. The molecule has 2 fully saturated rings. The van der Waals surface area contributed by atoms with Gasteiger partial charge in [0, 0.05) is 91.6 Å². The SMILES string of the molecule is C1CNCCNCCNCCN1.C1CNCCNNCCN1. The fourth-order valence-corrected chi connectivity index (χ4v) is 2.11. The van der Waals surface area contributed by atoms with Crippen molar-refractivity contribution < 1.29 is 0 Å². The van der Waals surface area contributed by atoms with Crippen molar-refractivity contribution in [2.24, 2.45) is 0 Å². The molecule has 0 atom stereocenters. The minimum Gasteiger partial charge on any atom is -0.314 e. The average Bonchev–Trinajstić information content (AvgIpc) is 2.54. The number of hydrazine groups is 1. The third-order valence-electron chi connectivity index (χ3n) is 3.37. The van der Waals surface area contributed by atoms with Crippen LogP contribution in [0.15, 0.2) is 0 Å². The number of rotatable bonds is 0. The lowest BCUT2D eigenvalue weighted by molar-refractivity contribution is 0.476. The lowest BCUT2D eigenvalue weighted by atomic mass is 10.4. The smallest absolute Gasteiger partial charge is 0.0225 e. The van der Waals surface area contributed by atoms with Crippen molar-refractivity contribution in [3.8, 4) is 0 Å². The zero-order valence-electron chi connectivity index (χ0n) is 13.9. The summed E-state index contributed by atoms with van der Waals surface area (Å²) < 4.78 is 0. The third-order valence-corrected chi connectivity index (χ3v) is 3.37. The minimum atomic E-state index is 1.00. The van der Waals surface area contributed by atoms with E-state index in [0.717, 1.165) is 91.6 Å². The van der Waals surface area contributed by atoms with Gasteiger partial charge in [-0.3, -0.25) is 10.9 Å². The van der Waals surface area contributed by atoms with Crippen LogP contribution in [0.25, 0.3) is 0 Å². The number of hydrogen-bond acceptors (Lipinski definition) is 8. The molecule has 0 unspecified atom stereocenters. The second-order valence-electron chi connectivity index (χ2n) is 5.35. The molecule has 0 radical (unpaired) electrons. The molecule has 8 heteroatoms. The van der Waals surface area contributed by atoms with Crippen molar-refractivity contribution in [3.63, 3.8) is 0 Å². The van der Waals surface area contributed by atoms with Gasteiger partial charge in [-0.25, -0.2) is 0 Å². The second kappa shape index (κ2) is 17.0. The highest BCUT2D eigenvalue weighted by molar-refractivity contribution is 4.60. The molecule has 0 amide bonds. The molecular weight excluding hydrogens is 280 g/mol. The van der Waals surface area contributed by atoms with Gasteiger partial charge in [0.25, 0.3) is 0 Å². The lowest BCUT2D eigenvalue weighted by Crippen LogP contribution is -2.44. The topological polar surface area (TPSA) is 96.2 Å². The quantitative estimate of drug-likeness (QED) is 0.235. The highest BCUT2D eigenvalue weighted by Gasteiger charge is 1.92. The molecule has 2 rings (SSSR count). The summed E-state index contributed by atoms with van der Waals surface area (Å²) in [6.45, 7) is 14.8. The molecule has 0 saturated carbocycles. The van der Waals surface area contributed by atoms with Crippen molar-refractivity contribution in [3.05, 3.63) is 0 Å². The average molecular weight is 316 g/mol. The Labute approximate surface area is 135 Å². The Kier molecular flexibility index (Phi) is 15.3. The molecular formula is C14H36N8. The first-order chi connectivity index (χ1) is 11.0. The maximum Gasteiger partial charge on any atom is 0.0225 e. The van der Waals surface area contributed by atoms with Gasteiger partial charge < -0.3 is 31.9 Å². The van der Waals surface area contributed by atoms with E-state index in [0.29, 0.717) is 0 Å². The summed E-state index contributed by atoms with van der Waals surface area (Å²) in [5.74, 6) is 0. The molecule has 0 aromatic carbocycles. The Morgan fingerprint density at radius 1 is 0.227 bits per heavy atom. The summed E-state index contributed by atoms with van der Waals surface area (Å²) in [6, 6.07) is 0. The van der Waals surface area contributed by atoms with E-state index in [4.69, 9.17) is 0 Å². The van der Waals surface area contributed by atoms with Gasteiger partial charge in [0.2, 0.25) is 0 Å². The fourth-order valence-electron chi connectivity index (χ4n) is 2.11. The maximum atomic E-state index is 3.36. The van der Waals surface area contributed by atoms with Crippen molar-refractivity contribution in [1.29, 1.82) is 0 Å². The minimum absolute atomic E-state index is 1.00. The van der Waals surface area contributed by atoms with Crippen molar-refractivity contribution in [1.82, 2.24) is 42.8 Å². The summed E-state index contributed by atoms with van der Waals surface area (Å²) in [5, 5.41) is 20.0. The van der Waals surface area contributed by atoms with Crippen LogP contribution in [0.5, 0.6) is 0 Å². The van der Waals surface area contributed by atoms with Gasteiger partial charge in [0.05, 0.1) is 0 Å². The summed E-state index contributed by atoms with van der Waals surface area (Å²) in [7, 11) is 0. The molecule has 0 aliphatic carbocycles. The summed E-state index contributed by atoms with van der Waals surface area (Å²) in [4.78, 5) is 0. The molecule has 2 aliphatic rings. The first-order valence-electron chi connectivity index (χ1n) is 8.70. The van der Waals surface area contributed by atoms with Gasteiger partial charge in [-0.1, -0.05) is 0 Å². The molecule has 0 aromatic rings. The Balaban J connectivity index is 0.000000224. The van der Waals surface area contributed by atoms with Crippen molar-refractivity contribution in [2.75, 3.05) is 91.6 Å². The van der Waals surface area contributed by atoms with Gasteiger partial charge in [-0.2, -0.15) is 0 Å². The Bertz CT molecular complexity index is 141. The lowest BCUT2D eigenvalue weighted by Gasteiger charge is -2.11. The van der Waals surface area contributed by atoms with Gasteiger partial charge in [-0.15, -0.1) is 0 Å². The molecule has 8 N–H and O–H groups in total. The molecule has 0 spiro atoms. The van der Waals surface area contributed by atoms with E-state index in [1.807, 2.05) is 0 Å². The van der Waals surface area contributed by atoms with Gasteiger partial charge in [0.1, 0.15) is 0 Å². The number of nitrogens with one attached hydrogen (secondary N) is 8. The van der Waals surface area contributed by atoms with E-state index in [-0.39, 0.29) is 0 Å². The van der Waals surface area contributed by atoms with Crippen LogP contribution in [-0.2, 0) is 0 Å². The van der Waals surface area contributed by atoms with E-state index >= 15 is 0 Å². The summed E-state index contributed by atoms with van der Waals surface area (Å²) in [6.07, 6.45) is 0. The fraction of sp³-hybridized carbons (Fsp3) is 1.00. The Morgan fingerprint density at radius 3 is 0.636 bits per heavy atom. The van der Waals surface area contributed by atoms with Crippen LogP contribution in [-0.4, -0.2) is 91.6 Å². The van der Waals surface area contributed by atoms with Crippen LogP contribution in [0.1, 0.15) is 0 Å². The van der Waals surface area contributed by atoms with Crippen LogP contribution in [0.4, 0.5) is 0 Å². The van der Waals surface area contributed by atoms with Gasteiger partial charge in [-0.05, 0) is 0 Å². The van der Waals surface area contributed by atoms with E-state index in [2.05, 4.69) is 42.8 Å². The van der Waals surface area contributed by atoms with Gasteiger partial charge >= 0.3 is 0 Å². The first kappa shape index (κ1) is 19.7. The van der Waals surface area contributed by atoms with E-state index < -0.39 is 0 Å². The zero-order valence-corrected chi connectivity index (χ0v) is 13.9.